The fraction of sp³-hybridized carbons (Fsp3) is 0.111. The molecule has 0 radical (unpaired) electrons. The average Bonchev–Trinajstić information content (AvgIpc) is 1.99. The topological polar surface area (TPSA) is 0 Å². The Labute approximate surface area is 63.9 Å². The summed E-state index contributed by atoms with van der Waals surface area (Å²) in [5, 5.41) is 0. The van der Waals surface area contributed by atoms with Crippen LogP contribution in [0.1, 0.15) is 11.1 Å². The summed E-state index contributed by atoms with van der Waals surface area (Å²) in [5.41, 5.74) is 0.0735. The SMILES string of the molecule is C#Cc1c(F)ccc(C)c1F. The molecule has 0 aliphatic carbocycles. The van der Waals surface area contributed by atoms with Gasteiger partial charge in [0.15, 0.2) is 0 Å². The van der Waals surface area contributed by atoms with Crippen molar-refractivity contribution in [2.75, 3.05) is 0 Å². The lowest BCUT2D eigenvalue weighted by molar-refractivity contribution is 0.572. The molecular formula is C9H6F2. The third kappa shape index (κ3) is 1.22. The number of hydrogen-bond acceptors (Lipinski definition) is 0. The van der Waals surface area contributed by atoms with E-state index in [1.807, 2.05) is 5.92 Å². The van der Waals surface area contributed by atoms with Gasteiger partial charge in [-0.1, -0.05) is 12.0 Å². The molecule has 0 saturated carbocycles. The second-order valence-corrected chi connectivity index (χ2v) is 2.20. The lowest BCUT2D eigenvalue weighted by atomic mass is 10.1. The molecule has 0 heterocycles. The van der Waals surface area contributed by atoms with Crippen LogP contribution in [0.3, 0.4) is 0 Å². The van der Waals surface area contributed by atoms with Crippen LogP contribution in [0.15, 0.2) is 12.1 Å². The van der Waals surface area contributed by atoms with Crippen LogP contribution in [-0.4, -0.2) is 0 Å². The highest BCUT2D eigenvalue weighted by Gasteiger charge is 2.07. The van der Waals surface area contributed by atoms with Gasteiger partial charge in [-0.25, -0.2) is 8.78 Å². The Morgan fingerprint density at radius 1 is 1.36 bits per heavy atom. The predicted octanol–water partition coefficient (Wildman–Crippen LogP) is 2.25. The fourth-order valence-electron chi connectivity index (χ4n) is 0.789. The Hall–Kier alpha value is -1.36. The van der Waals surface area contributed by atoms with E-state index >= 15 is 0 Å². The zero-order valence-corrected chi connectivity index (χ0v) is 5.99. The Morgan fingerprint density at radius 2 is 2.00 bits per heavy atom. The van der Waals surface area contributed by atoms with Crippen LogP contribution in [0.4, 0.5) is 8.78 Å². The van der Waals surface area contributed by atoms with E-state index < -0.39 is 11.6 Å². The molecule has 11 heavy (non-hydrogen) atoms. The third-order valence-corrected chi connectivity index (χ3v) is 1.43. The summed E-state index contributed by atoms with van der Waals surface area (Å²) in [7, 11) is 0. The maximum absolute atomic E-state index is 12.9. The Balaban J connectivity index is 3.44. The number of hydrogen-bond donors (Lipinski definition) is 0. The maximum Gasteiger partial charge on any atom is 0.144 e. The fourth-order valence-corrected chi connectivity index (χ4v) is 0.789. The first-order valence-electron chi connectivity index (χ1n) is 3.08. The van der Waals surface area contributed by atoms with Crippen molar-refractivity contribution in [2.24, 2.45) is 0 Å². The smallest absolute Gasteiger partial charge is 0.144 e. The van der Waals surface area contributed by atoms with Crippen molar-refractivity contribution < 1.29 is 8.78 Å². The Morgan fingerprint density at radius 3 is 2.45 bits per heavy atom. The average molecular weight is 152 g/mol. The van der Waals surface area contributed by atoms with Gasteiger partial charge in [0.25, 0.3) is 0 Å². The molecule has 0 saturated heterocycles. The van der Waals surface area contributed by atoms with Crippen LogP contribution < -0.4 is 0 Å². The van der Waals surface area contributed by atoms with Crippen LogP contribution in [0.5, 0.6) is 0 Å². The first-order chi connectivity index (χ1) is 5.16. The van der Waals surface area contributed by atoms with Gasteiger partial charge in [-0.05, 0) is 18.6 Å². The molecule has 0 aliphatic heterocycles. The molecule has 0 aliphatic rings. The molecule has 2 heteroatoms. The van der Waals surface area contributed by atoms with Crippen molar-refractivity contribution in [1.29, 1.82) is 0 Å². The number of halogens is 2. The van der Waals surface area contributed by atoms with Crippen LogP contribution in [-0.2, 0) is 0 Å². The molecular weight excluding hydrogens is 146 g/mol. The molecule has 1 aromatic carbocycles. The van der Waals surface area contributed by atoms with E-state index in [-0.39, 0.29) is 5.56 Å². The molecule has 0 bridgehead atoms. The van der Waals surface area contributed by atoms with Gasteiger partial charge in [0.2, 0.25) is 0 Å². The number of rotatable bonds is 0. The molecule has 0 aromatic heterocycles. The van der Waals surface area contributed by atoms with Crippen molar-refractivity contribution in [3.8, 4) is 12.3 Å². The molecule has 0 unspecified atom stereocenters. The molecule has 0 atom stereocenters. The van der Waals surface area contributed by atoms with Gasteiger partial charge in [-0.3, -0.25) is 0 Å². The Kier molecular flexibility index (Phi) is 1.91. The second-order valence-electron chi connectivity index (χ2n) is 2.20. The molecule has 0 amide bonds. The highest BCUT2D eigenvalue weighted by Crippen LogP contribution is 2.14. The normalized spacial score (nSPS) is 9.27. The molecule has 0 fully saturated rings. The standard InChI is InChI=1S/C9H6F2/c1-3-7-8(10)5-4-6(2)9(7)11/h1,4-5H,2H3. The minimum atomic E-state index is -0.685. The summed E-state index contributed by atoms with van der Waals surface area (Å²) in [6, 6.07) is 2.51. The monoisotopic (exact) mass is 152 g/mol. The number of terminal acetylenes is 1. The van der Waals surface area contributed by atoms with Gasteiger partial charge in [0.05, 0.1) is 5.56 Å². The van der Waals surface area contributed by atoms with Crippen molar-refractivity contribution >= 4 is 0 Å². The van der Waals surface area contributed by atoms with Gasteiger partial charge >= 0.3 is 0 Å². The lowest BCUT2D eigenvalue weighted by Gasteiger charge is -1.99. The van der Waals surface area contributed by atoms with Crippen LogP contribution in [0.25, 0.3) is 0 Å². The first-order valence-corrected chi connectivity index (χ1v) is 3.08. The number of benzene rings is 1. The molecule has 0 nitrogen and oxygen atoms in total. The molecule has 56 valence electrons. The third-order valence-electron chi connectivity index (χ3n) is 1.43. The molecule has 1 rings (SSSR count). The van der Waals surface area contributed by atoms with E-state index in [4.69, 9.17) is 6.42 Å². The summed E-state index contributed by atoms with van der Waals surface area (Å²) in [6.07, 6.45) is 4.89. The van der Waals surface area contributed by atoms with E-state index in [0.717, 1.165) is 6.07 Å². The molecule has 0 N–H and O–H groups in total. The zero-order chi connectivity index (χ0) is 8.43. The second kappa shape index (κ2) is 2.71. The van der Waals surface area contributed by atoms with Crippen molar-refractivity contribution in [3.63, 3.8) is 0 Å². The van der Waals surface area contributed by atoms with Crippen LogP contribution in [0, 0.1) is 30.9 Å². The highest BCUT2D eigenvalue weighted by atomic mass is 19.1. The van der Waals surface area contributed by atoms with E-state index in [9.17, 15) is 8.78 Å². The summed E-state index contributed by atoms with van der Waals surface area (Å²) < 4.78 is 25.5. The predicted molar refractivity (Wildman–Crippen MR) is 39.0 cm³/mol. The lowest BCUT2D eigenvalue weighted by Crippen LogP contribution is -1.92. The minimum Gasteiger partial charge on any atom is -0.206 e. The van der Waals surface area contributed by atoms with E-state index in [0.29, 0.717) is 5.56 Å². The van der Waals surface area contributed by atoms with Crippen LogP contribution >= 0.6 is 0 Å². The van der Waals surface area contributed by atoms with Gasteiger partial charge in [-0.15, -0.1) is 6.42 Å². The zero-order valence-electron chi connectivity index (χ0n) is 5.99. The van der Waals surface area contributed by atoms with Gasteiger partial charge < -0.3 is 0 Å². The van der Waals surface area contributed by atoms with Crippen LogP contribution in [0.2, 0.25) is 0 Å². The van der Waals surface area contributed by atoms with Crippen molar-refractivity contribution in [1.82, 2.24) is 0 Å². The molecule has 1 aromatic rings. The van der Waals surface area contributed by atoms with E-state index in [2.05, 4.69) is 0 Å². The van der Waals surface area contributed by atoms with Gasteiger partial charge in [0, 0.05) is 0 Å². The van der Waals surface area contributed by atoms with Gasteiger partial charge in [-0.2, -0.15) is 0 Å². The van der Waals surface area contributed by atoms with Crippen molar-refractivity contribution in [2.45, 2.75) is 6.92 Å². The summed E-state index contributed by atoms with van der Waals surface area (Å²) >= 11 is 0. The minimum absolute atomic E-state index is 0.287. The highest BCUT2D eigenvalue weighted by molar-refractivity contribution is 5.38. The summed E-state index contributed by atoms with van der Waals surface area (Å²) in [5.74, 6) is 0.624. The van der Waals surface area contributed by atoms with E-state index in [1.165, 1.54) is 13.0 Å². The summed E-state index contributed by atoms with van der Waals surface area (Å²) in [6.45, 7) is 1.54. The van der Waals surface area contributed by atoms with Gasteiger partial charge in [0.1, 0.15) is 11.6 Å². The van der Waals surface area contributed by atoms with Crippen molar-refractivity contribution in [3.05, 3.63) is 34.9 Å². The Bertz CT molecular complexity index is 321. The maximum atomic E-state index is 12.9. The summed E-state index contributed by atoms with van der Waals surface area (Å²) in [4.78, 5) is 0. The largest absolute Gasteiger partial charge is 0.206 e. The number of aryl methyl sites for hydroxylation is 1. The molecule has 0 spiro atoms. The first kappa shape index (κ1) is 7.74. The quantitative estimate of drug-likeness (QED) is 0.500. The van der Waals surface area contributed by atoms with E-state index in [1.54, 1.807) is 0 Å².